The summed E-state index contributed by atoms with van der Waals surface area (Å²) in [5, 5.41) is 13.2. The van der Waals surface area contributed by atoms with E-state index >= 15 is 0 Å². The first-order valence-electron chi connectivity index (χ1n) is 4.26. The quantitative estimate of drug-likeness (QED) is 0.606. The molecule has 0 amide bonds. The van der Waals surface area contributed by atoms with E-state index in [1.807, 2.05) is 18.2 Å². The molecular weight excluding hydrogens is 254 g/mol. The van der Waals surface area contributed by atoms with Crippen LogP contribution in [0.5, 0.6) is 5.75 Å². The molecule has 1 nitrogen and oxygen atoms in total. The summed E-state index contributed by atoms with van der Waals surface area (Å²) in [6.45, 7) is 0. The maximum absolute atomic E-state index is 11.6. The van der Waals surface area contributed by atoms with Crippen LogP contribution < -0.4 is 0 Å². The van der Waals surface area contributed by atoms with E-state index in [1.54, 1.807) is 12.1 Å². The van der Waals surface area contributed by atoms with E-state index in [1.165, 1.54) is 6.07 Å². The van der Waals surface area contributed by atoms with Gasteiger partial charge in [0.05, 0.1) is 5.56 Å². The lowest BCUT2D eigenvalue weighted by molar-refractivity contribution is 0.351. The zero-order valence-electron chi connectivity index (χ0n) is 7.51. The molecule has 0 bridgehead atoms. The summed E-state index contributed by atoms with van der Waals surface area (Å²) < 4.78 is -1.68. The molecule has 0 aromatic heterocycles. The number of hydrogen-bond donors (Lipinski definition) is 0. The van der Waals surface area contributed by atoms with Crippen molar-refractivity contribution in [3.63, 3.8) is 0 Å². The summed E-state index contributed by atoms with van der Waals surface area (Å²) in [5.74, 6) is -0.256. The fourth-order valence-corrected chi connectivity index (χ4v) is 2.13. The Bertz CT molecular complexity index is 503. The smallest absolute Gasteiger partial charge is 0.220 e. The summed E-state index contributed by atoms with van der Waals surface area (Å²) in [6.07, 6.45) is 0. The summed E-state index contributed by atoms with van der Waals surface area (Å²) in [5.41, 5.74) is 0.214. The van der Waals surface area contributed by atoms with E-state index in [4.69, 9.17) is 34.8 Å². The highest BCUT2D eigenvalue weighted by molar-refractivity contribution is 6.67. The molecule has 0 spiro atoms. The topological polar surface area (TPSA) is 19.9 Å². The summed E-state index contributed by atoms with van der Waals surface area (Å²) in [6, 6.07) is 10.5. The molecular formula is C11H6Cl3O. The van der Waals surface area contributed by atoms with Crippen molar-refractivity contribution in [3.05, 3.63) is 42.0 Å². The second-order valence-corrected chi connectivity index (χ2v) is 5.44. The van der Waals surface area contributed by atoms with Gasteiger partial charge in [-0.05, 0) is 16.8 Å². The molecule has 0 unspecified atom stereocenters. The van der Waals surface area contributed by atoms with Crippen molar-refractivity contribution in [1.29, 1.82) is 0 Å². The number of alkyl halides is 3. The van der Waals surface area contributed by atoms with E-state index in [2.05, 4.69) is 0 Å². The highest BCUT2D eigenvalue weighted by Crippen LogP contribution is 2.46. The minimum absolute atomic E-state index is 0.214. The van der Waals surface area contributed by atoms with Crippen molar-refractivity contribution in [2.45, 2.75) is 3.79 Å². The molecule has 0 atom stereocenters. The van der Waals surface area contributed by atoms with E-state index in [0.29, 0.717) is 5.39 Å². The van der Waals surface area contributed by atoms with Crippen LogP contribution in [0.15, 0.2) is 36.4 Å². The zero-order valence-corrected chi connectivity index (χ0v) is 9.77. The van der Waals surface area contributed by atoms with Gasteiger partial charge in [-0.3, -0.25) is 5.11 Å². The third-order valence-corrected chi connectivity index (χ3v) is 2.74. The van der Waals surface area contributed by atoms with Crippen LogP contribution in [0.4, 0.5) is 0 Å². The fraction of sp³-hybridized carbons (Fsp3) is 0.0909. The molecule has 0 aliphatic carbocycles. The SMILES string of the molecule is [O]c1ccc2ccccc2c1C(Cl)(Cl)Cl. The highest BCUT2D eigenvalue weighted by atomic mass is 35.6. The maximum atomic E-state index is 11.6. The van der Waals surface area contributed by atoms with Gasteiger partial charge in [0.25, 0.3) is 0 Å². The second-order valence-electron chi connectivity index (χ2n) is 3.16. The van der Waals surface area contributed by atoms with E-state index < -0.39 is 3.79 Å². The third-order valence-electron chi connectivity index (χ3n) is 2.17. The number of fused-ring (bicyclic) bond motifs is 1. The van der Waals surface area contributed by atoms with Crippen LogP contribution in [0.3, 0.4) is 0 Å². The van der Waals surface area contributed by atoms with Crippen molar-refractivity contribution in [3.8, 4) is 5.75 Å². The molecule has 1 radical (unpaired) electrons. The van der Waals surface area contributed by atoms with Crippen LogP contribution >= 0.6 is 34.8 Å². The number of hydrogen-bond acceptors (Lipinski definition) is 0. The lowest BCUT2D eigenvalue weighted by Crippen LogP contribution is -2.01. The Labute approximate surface area is 102 Å². The predicted molar refractivity (Wildman–Crippen MR) is 63.3 cm³/mol. The van der Waals surface area contributed by atoms with Gasteiger partial charge in [-0.15, -0.1) is 0 Å². The monoisotopic (exact) mass is 259 g/mol. The summed E-state index contributed by atoms with van der Waals surface area (Å²) in [4.78, 5) is 0. The highest BCUT2D eigenvalue weighted by Gasteiger charge is 2.29. The summed E-state index contributed by atoms with van der Waals surface area (Å²) >= 11 is 17.3. The lowest BCUT2D eigenvalue weighted by Gasteiger charge is -2.14. The second kappa shape index (κ2) is 3.75. The Balaban J connectivity index is 2.86. The molecule has 2 aromatic rings. The molecule has 0 aliphatic rings. The molecule has 77 valence electrons. The Morgan fingerprint density at radius 3 is 2.27 bits per heavy atom. The number of benzene rings is 2. The normalized spacial score (nSPS) is 11.9. The fourth-order valence-electron chi connectivity index (χ4n) is 1.54. The predicted octanol–water partition coefficient (Wildman–Crippen LogP) is 4.81. The number of halogens is 3. The zero-order chi connectivity index (χ0) is 11.1. The molecule has 0 fully saturated rings. The van der Waals surface area contributed by atoms with E-state index in [-0.39, 0.29) is 11.3 Å². The first-order chi connectivity index (χ1) is 7.00. The number of rotatable bonds is 0. The molecule has 0 heterocycles. The summed E-state index contributed by atoms with van der Waals surface area (Å²) in [7, 11) is 0. The van der Waals surface area contributed by atoms with E-state index in [9.17, 15) is 5.11 Å². The van der Waals surface area contributed by atoms with Gasteiger partial charge >= 0.3 is 0 Å². The van der Waals surface area contributed by atoms with Crippen molar-refractivity contribution < 1.29 is 5.11 Å². The Morgan fingerprint density at radius 1 is 0.933 bits per heavy atom. The Morgan fingerprint density at radius 2 is 1.60 bits per heavy atom. The standard InChI is InChI=1S/C11H6Cl3O/c12-11(13,14)10-8-4-2-1-3-7(8)5-6-9(10)15/h1-6H. The van der Waals surface area contributed by atoms with Gasteiger partial charge in [0.1, 0.15) is 0 Å². The third kappa shape index (κ3) is 2.00. The molecule has 2 rings (SSSR count). The van der Waals surface area contributed by atoms with Gasteiger partial charge in [0.15, 0.2) is 5.75 Å². The maximum Gasteiger partial charge on any atom is 0.220 e. The minimum Gasteiger partial charge on any atom is -0.289 e. The average Bonchev–Trinajstić information content (AvgIpc) is 2.15. The molecule has 2 aromatic carbocycles. The molecule has 0 aliphatic heterocycles. The van der Waals surface area contributed by atoms with Crippen LogP contribution in [0.25, 0.3) is 10.8 Å². The molecule has 4 heteroatoms. The van der Waals surface area contributed by atoms with Crippen molar-refractivity contribution >= 4 is 45.6 Å². The van der Waals surface area contributed by atoms with Crippen LogP contribution in [0.2, 0.25) is 0 Å². The van der Waals surface area contributed by atoms with Crippen molar-refractivity contribution in [2.75, 3.05) is 0 Å². The minimum atomic E-state index is -1.68. The lowest BCUT2D eigenvalue weighted by atomic mass is 10.0. The average molecular weight is 261 g/mol. The van der Waals surface area contributed by atoms with Gasteiger partial charge in [-0.2, -0.15) is 0 Å². The Kier molecular flexibility index (Phi) is 2.72. The first kappa shape index (κ1) is 10.9. The van der Waals surface area contributed by atoms with Crippen LogP contribution in [-0.4, -0.2) is 0 Å². The van der Waals surface area contributed by atoms with Gasteiger partial charge in [-0.25, -0.2) is 0 Å². The first-order valence-corrected chi connectivity index (χ1v) is 5.39. The molecule has 0 saturated heterocycles. The van der Waals surface area contributed by atoms with Crippen LogP contribution in [0.1, 0.15) is 5.56 Å². The van der Waals surface area contributed by atoms with Crippen molar-refractivity contribution in [2.24, 2.45) is 0 Å². The van der Waals surface area contributed by atoms with E-state index in [0.717, 1.165) is 5.39 Å². The molecule has 15 heavy (non-hydrogen) atoms. The molecule has 0 N–H and O–H groups in total. The van der Waals surface area contributed by atoms with Gasteiger partial charge in [0.2, 0.25) is 3.79 Å². The van der Waals surface area contributed by atoms with Gasteiger partial charge < -0.3 is 0 Å². The van der Waals surface area contributed by atoms with Crippen LogP contribution in [-0.2, 0) is 8.90 Å². The Hall–Kier alpha value is -0.630. The largest absolute Gasteiger partial charge is 0.289 e. The van der Waals surface area contributed by atoms with Crippen LogP contribution in [0, 0.1) is 0 Å². The van der Waals surface area contributed by atoms with Gasteiger partial charge in [-0.1, -0.05) is 65.1 Å². The molecule has 0 saturated carbocycles. The van der Waals surface area contributed by atoms with Crippen molar-refractivity contribution in [1.82, 2.24) is 0 Å². The van der Waals surface area contributed by atoms with Gasteiger partial charge in [0, 0.05) is 0 Å².